The topological polar surface area (TPSA) is 72.9 Å². The highest BCUT2D eigenvalue weighted by Crippen LogP contribution is 2.36. The summed E-state index contributed by atoms with van der Waals surface area (Å²) in [7, 11) is -4.60. The number of rotatable bonds is 13. The first-order chi connectivity index (χ1) is 18.5. The first kappa shape index (κ1) is 30.2. The quantitative estimate of drug-likeness (QED) is 0.223. The maximum Gasteiger partial charge on any atom is 0.417 e. The lowest BCUT2D eigenvalue weighted by molar-refractivity contribution is -0.147. The van der Waals surface area contributed by atoms with Gasteiger partial charge in [-0.1, -0.05) is 67.6 Å². The third-order valence-electron chi connectivity index (χ3n) is 5.98. The van der Waals surface area contributed by atoms with Crippen LogP contribution in [0.5, 0.6) is 0 Å². The van der Waals surface area contributed by atoms with Crippen molar-refractivity contribution >= 4 is 21.7 Å². The van der Waals surface area contributed by atoms with Crippen LogP contribution in [0.4, 0.5) is 18.9 Å². The molecule has 0 amide bonds. The molecule has 10 heteroatoms. The molecular weight excluding hydrogens is 531 g/mol. The molecule has 0 saturated carbocycles. The predicted octanol–water partition coefficient (Wildman–Crippen LogP) is 6.47. The fourth-order valence-corrected chi connectivity index (χ4v) is 5.99. The molecule has 3 aromatic carbocycles. The zero-order chi connectivity index (χ0) is 28.5. The maximum atomic E-state index is 13.7. The molecular formula is C29H32F3NO5S. The number of anilines is 1. The van der Waals surface area contributed by atoms with Crippen LogP contribution in [-0.2, 0) is 37.1 Å². The van der Waals surface area contributed by atoms with E-state index >= 15 is 0 Å². The van der Waals surface area contributed by atoms with E-state index in [1.54, 1.807) is 32.0 Å². The standard InChI is InChI=1S/C29H32F3NO5S/c1-3-37-28(34)19-25(38-21-23-12-6-4-7-13-23)18-22(2)20-33(24-14-8-5-9-15-24)39(35,36)27-17-11-10-16-26(27)29(30,31)32/h4-17,22,25H,3,18-21H2,1-2H3. The highest BCUT2D eigenvalue weighted by molar-refractivity contribution is 7.92. The van der Waals surface area contributed by atoms with Crippen LogP contribution < -0.4 is 4.31 Å². The number of halogens is 3. The lowest BCUT2D eigenvalue weighted by atomic mass is 10.0. The molecule has 0 aromatic heterocycles. The number of carbonyl (C=O) groups excluding carboxylic acids is 1. The average molecular weight is 564 g/mol. The van der Waals surface area contributed by atoms with Crippen LogP contribution in [0.15, 0.2) is 89.8 Å². The van der Waals surface area contributed by atoms with Crippen LogP contribution in [0.2, 0.25) is 0 Å². The zero-order valence-corrected chi connectivity index (χ0v) is 22.6. The molecule has 0 spiro atoms. The van der Waals surface area contributed by atoms with Crippen molar-refractivity contribution in [1.82, 2.24) is 0 Å². The Kier molecular flexibility index (Phi) is 10.5. The summed E-state index contributed by atoms with van der Waals surface area (Å²) in [4.78, 5) is 11.4. The molecule has 0 heterocycles. The van der Waals surface area contributed by atoms with Crippen LogP contribution in [0.25, 0.3) is 0 Å². The Bertz CT molecular complexity index is 1300. The van der Waals surface area contributed by atoms with Crippen molar-refractivity contribution in [2.75, 3.05) is 17.5 Å². The summed E-state index contributed by atoms with van der Waals surface area (Å²) in [6, 6.07) is 21.5. The van der Waals surface area contributed by atoms with Gasteiger partial charge >= 0.3 is 12.1 Å². The van der Waals surface area contributed by atoms with E-state index in [9.17, 15) is 26.4 Å². The Morgan fingerprint density at radius 2 is 1.51 bits per heavy atom. The molecule has 2 atom stereocenters. The Morgan fingerprint density at radius 1 is 0.923 bits per heavy atom. The van der Waals surface area contributed by atoms with Crippen molar-refractivity contribution in [3.63, 3.8) is 0 Å². The third kappa shape index (κ3) is 8.56. The van der Waals surface area contributed by atoms with Gasteiger partial charge in [0.15, 0.2) is 0 Å². The van der Waals surface area contributed by atoms with Crippen LogP contribution in [-0.4, -0.2) is 33.6 Å². The molecule has 3 aromatic rings. The molecule has 0 N–H and O–H groups in total. The number of hydrogen-bond donors (Lipinski definition) is 0. The number of ether oxygens (including phenoxy) is 2. The van der Waals surface area contributed by atoms with Gasteiger partial charge in [-0.05, 0) is 49.1 Å². The van der Waals surface area contributed by atoms with E-state index < -0.39 is 44.6 Å². The van der Waals surface area contributed by atoms with E-state index in [-0.39, 0.29) is 38.3 Å². The number of carbonyl (C=O) groups is 1. The number of nitrogens with zero attached hydrogens (tertiary/aromatic N) is 1. The predicted molar refractivity (Wildman–Crippen MR) is 142 cm³/mol. The molecule has 0 aliphatic rings. The van der Waals surface area contributed by atoms with Gasteiger partial charge < -0.3 is 9.47 Å². The van der Waals surface area contributed by atoms with Gasteiger partial charge in [-0.25, -0.2) is 8.42 Å². The molecule has 0 radical (unpaired) electrons. The van der Waals surface area contributed by atoms with Crippen molar-refractivity contribution in [3.05, 3.63) is 96.1 Å². The molecule has 0 fully saturated rings. The van der Waals surface area contributed by atoms with Gasteiger partial charge in [-0.3, -0.25) is 9.10 Å². The number of alkyl halides is 3. The molecule has 0 aliphatic carbocycles. The third-order valence-corrected chi connectivity index (χ3v) is 7.83. The van der Waals surface area contributed by atoms with Crippen molar-refractivity contribution < 1.29 is 35.9 Å². The van der Waals surface area contributed by atoms with E-state index in [4.69, 9.17) is 9.47 Å². The number of hydrogen-bond acceptors (Lipinski definition) is 5. The Labute approximate surface area is 227 Å². The largest absolute Gasteiger partial charge is 0.466 e. The lowest BCUT2D eigenvalue weighted by Gasteiger charge is -2.30. The van der Waals surface area contributed by atoms with E-state index in [1.165, 1.54) is 18.2 Å². The van der Waals surface area contributed by atoms with E-state index in [1.807, 2.05) is 30.3 Å². The molecule has 6 nitrogen and oxygen atoms in total. The van der Waals surface area contributed by atoms with E-state index in [2.05, 4.69) is 0 Å². The molecule has 0 aliphatic heterocycles. The summed E-state index contributed by atoms with van der Waals surface area (Å²) in [5.41, 5.74) is -0.102. The Hall–Kier alpha value is -3.37. The molecule has 2 unspecified atom stereocenters. The minimum atomic E-state index is -4.85. The van der Waals surface area contributed by atoms with Gasteiger partial charge in [-0.2, -0.15) is 13.2 Å². The van der Waals surface area contributed by atoms with E-state index in [0.717, 1.165) is 28.1 Å². The van der Waals surface area contributed by atoms with Crippen LogP contribution in [0.1, 0.15) is 37.8 Å². The summed E-state index contributed by atoms with van der Waals surface area (Å²) in [5.74, 6) is -0.845. The van der Waals surface area contributed by atoms with Crippen molar-refractivity contribution in [1.29, 1.82) is 0 Å². The smallest absolute Gasteiger partial charge is 0.417 e. The van der Waals surface area contributed by atoms with Crippen LogP contribution in [0, 0.1) is 5.92 Å². The number of esters is 1. The SMILES string of the molecule is CCOC(=O)CC(CC(C)CN(c1ccccc1)S(=O)(=O)c1ccccc1C(F)(F)F)OCc1ccccc1. The minimum absolute atomic E-state index is 0.0417. The Balaban J connectivity index is 1.88. The average Bonchev–Trinajstić information content (AvgIpc) is 2.91. The second-order valence-corrected chi connectivity index (χ2v) is 11.0. The first-order valence-corrected chi connectivity index (χ1v) is 14.0. The number of sulfonamides is 1. The molecule has 0 bridgehead atoms. The molecule has 39 heavy (non-hydrogen) atoms. The summed E-state index contributed by atoms with van der Waals surface area (Å²) in [5, 5.41) is 0. The van der Waals surface area contributed by atoms with Gasteiger partial charge in [0, 0.05) is 6.54 Å². The van der Waals surface area contributed by atoms with Gasteiger partial charge in [-0.15, -0.1) is 0 Å². The second kappa shape index (κ2) is 13.6. The lowest BCUT2D eigenvalue weighted by Crippen LogP contribution is -2.37. The Morgan fingerprint density at radius 3 is 2.13 bits per heavy atom. The van der Waals surface area contributed by atoms with Gasteiger partial charge in [0.1, 0.15) is 0 Å². The summed E-state index contributed by atoms with van der Waals surface area (Å²) >= 11 is 0. The second-order valence-electron chi connectivity index (χ2n) is 9.13. The number of para-hydroxylation sites is 1. The summed E-state index contributed by atoms with van der Waals surface area (Å²) in [6.07, 6.45) is -5.22. The summed E-state index contributed by atoms with van der Waals surface area (Å²) < 4.78 is 80.8. The molecule has 210 valence electrons. The maximum absolute atomic E-state index is 13.7. The van der Waals surface area contributed by atoms with Crippen molar-refractivity contribution in [2.45, 2.75) is 50.5 Å². The minimum Gasteiger partial charge on any atom is -0.466 e. The highest BCUT2D eigenvalue weighted by Gasteiger charge is 2.39. The van der Waals surface area contributed by atoms with Crippen LogP contribution >= 0.6 is 0 Å². The number of benzene rings is 3. The van der Waals surface area contributed by atoms with Crippen molar-refractivity contribution in [2.24, 2.45) is 5.92 Å². The fourth-order valence-electron chi connectivity index (χ4n) is 4.19. The van der Waals surface area contributed by atoms with Crippen LogP contribution in [0.3, 0.4) is 0 Å². The molecule has 3 rings (SSSR count). The summed E-state index contributed by atoms with van der Waals surface area (Å²) in [6.45, 7) is 3.77. The van der Waals surface area contributed by atoms with Gasteiger partial charge in [0.2, 0.25) is 0 Å². The first-order valence-electron chi connectivity index (χ1n) is 12.6. The fraction of sp³-hybridized carbons (Fsp3) is 0.345. The zero-order valence-electron chi connectivity index (χ0n) is 21.8. The van der Waals surface area contributed by atoms with Gasteiger partial charge in [0.25, 0.3) is 10.0 Å². The van der Waals surface area contributed by atoms with Gasteiger partial charge in [0.05, 0.1) is 41.9 Å². The normalized spacial score (nSPS) is 13.5. The highest BCUT2D eigenvalue weighted by atomic mass is 32.2. The molecule has 0 saturated heterocycles. The van der Waals surface area contributed by atoms with E-state index in [0.29, 0.717) is 0 Å². The van der Waals surface area contributed by atoms with Crippen molar-refractivity contribution in [3.8, 4) is 0 Å². The monoisotopic (exact) mass is 563 g/mol.